The average molecular weight is 394 g/mol. The summed E-state index contributed by atoms with van der Waals surface area (Å²) in [6.45, 7) is 4.43. The Morgan fingerprint density at radius 2 is 1.83 bits per heavy atom. The monoisotopic (exact) mass is 394 g/mol. The Kier molecular flexibility index (Phi) is 6.16. The molecule has 0 aliphatic heterocycles. The number of nitrogens with two attached hydrogens (primary N) is 1. The molecule has 0 aliphatic carbocycles. The van der Waals surface area contributed by atoms with E-state index in [-0.39, 0.29) is 30.4 Å². The number of unbranched alkanes of at least 4 members (excludes halogenated alkanes) is 1. The summed E-state index contributed by atoms with van der Waals surface area (Å²) in [7, 11) is 0. The molecule has 0 radical (unpaired) electrons. The van der Waals surface area contributed by atoms with E-state index in [0.29, 0.717) is 6.54 Å². The van der Waals surface area contributed by atoms with Gasteiger partial charge in [-0.3, -0.25) is 19.1 Å². The lowest BCUT2D eigenvalue weighted by Gasteiger charge is -2.23. The van der Waals surface area contributed by atoms with E-state index in [9.17, 15) is 14.4 Å². The van der Waals surface area contributed by atoms with Crippen molar-refractivity contribution in [2.24, 2.45) is 0 Å². The molecule has 1 aromatic heterocycles. The molecule has 1 heterocycles. The number of hydrogen-bond donors (Lipinski definition) is 2. The zero-order chi connectivity index (χ0) is 21.0. The van der Waals surface area contributed by atoms with Crippen molar-refractivity contribution < 1.29 is 4.79 Å². The van der Waals surface area contributed by atoms with Crippen LogP contribution >= 0.6 is 0 Å². The minimum Gasteiger partial charge on any atom is -0.383 e. The smallest absolute Gasteiger partial charge is 0.330 e. The maximum Gasteiger partial charge on any atom is 0.330 e. The SMILES string of the molecule is CCCCn1c(N)c(N(CC)C(=O)Cc2cccc3ccccc23)c(=O)[nH]c1=O. The molecule has 1 amide bonds. The molecular formula is C22H26N4O3. The zero-order valence-corrected chi connectivity index (χ0v) is 16.8. The summed E-state index contributed by atoms with van der Waals surface area (Å²) in [6.07, 6.45) is 1.74. The minimum atomic E-state index is -0.645. The van der Waals surface area contributed by atoms with Crippen LogP contribution in [0.3, 0.4) is 0 Å². The molecule has 0 bridgehead atoms. The van der Waals surface area contributed by atoms with Gasteiger partial charge in [0.05, 0.1) is 6.42 Å². The van der Waals surface area contributed by atoms with Gasteiger partial charge >= 0.3 is 5.69 Å². The maximum atomic E-state index is 13.1. The van der Waals surface area contributed by atoms with Gasteiger partial charge in [-0.15, -0.1) is 0 Å². The van der Waals surface area contributed by atoms with Gasteiger partial charge in [0.1, 0.15) is 5.82 Å². The first-order valence-electron chi connectivity index (χ1n) is 9.87. The zero-order valence-electron chi connectivity index (χ0n) is 16.8. The second kappa shape index (κ2) is 8.77. The predicted molar refractivity (Wildman–Crippen MR) is 116 cm³/mol. The largest absolute Gasteiger partial charge is 0.383 e. The van der Waals surface area contributed by atoms with Crippen molar-refractivity contribution in [2.45, 2.75) is 39.7 Å². The number of amides is 1. The fourth-order valence-corrected chi connectivity index (χ4v) is 3.54. The van der Waals surface area contributed by atoms with Gasteiger partial charge in [-0.25, -0.2) is 4.79 Å². The molecule has 0 unspecified atom stereocenters. The highest BCUT2D eigenvalue weighted by molar-refractivity contribution is 5.99. The molecular weight excluding hydrogens is 368 g/mol. The lowest BCUT2D eigenvalue weighted by Crippen LogP contribution is -2.41. The van der Waals surface area contributed by atoms with Gasteiger partial charge in [0.25, 0.3) is 5.56 Å². The van der Waals surface area contributed by atoms with Gasteiger partial charge < -0.3 is 10.6 Å². The van der Waals surface area contributed by atoms with Gasteiger partial charge in [-0.05, 0) is 29.7 Å². The Hall–Kier alpha value is -3.35. The van der Waals surface area contributed by atoms with Crippen molar-refractivity contribution >= 4 is 28.2 Å². The highest BCUT2D eigenvalue weighted by atomic mass is 16.2. The molecule has 7 heteroatoms. The molecule has 152 valence electrons. The Morgan fingerprint density at radius 3 is 2.55 bits per heavy atom. The van der Waals surface area contributed by atoms with E-state index < -0.39 is 11.2 Å². The Balaban J connectivity index is 2.00. The number of nitrogen functional groups attached to an aromatic ring is 1. The van der Waals surface area contributed by atoms with Crippen LogP contribution in [0, 0.1) is 0 Å². The van der Waals surface area contributed by atoms with E-state index in [1.165, 1.54) is 9.47 Å². The number of hydrogen-bond acceptors (Lipinski definition) is 4. The van der Waals surface area contributed by atoms with Gasteiger partial charge in [-0.2, -0.15) is 0 Å². The molecule has 3 N–H and O–H groups in total. The molecule has 7 nitrogen and oxygen atoms in total. The molecule has 0 fully saturated rings. The highest BCUT2D eigenvalue weighted by Gasteiger charge is 2.23. The van der Waals surface area contributed by atoms with Crippen molar-refractivity contribution in [2.75, 3.05) is 17.2 Å². The van der Waals surface area contributed by atoms with Crippen LogP contribution in [0.2, 0.25) is 0 Å². The number of likely N-dealkylation sites (N-methyl/N-ethyl adjacent to an activating group) is 1. The van der Waals surface area contributed by atoms with Crippen LogP contribution in [0.25, 0.3) is 10.8 Å². The number of nitrogens with one attached hydrogen (secondary N) is 1. The van der Waals surface area contributed by atoms with Crippen molar-refractivity contribution in [3.8, 4) is 0 Å². The Morgan fingerprint density at radius 1 is 1.10 bits per heavy atom. The summed E-state index contributed by atoms with van der Waals surface area (Å²) in [4.78, 5) is 41.5. The van der Waals surface area contributed by atoms with E-state index in [1.54, 1.807) is 6.92 Å². The second-order valence-electron chi connectivity index (χ2n) is 6.95. The quantitative estimate of drug-likeness (QED) is 0.643. The summed E-state index contributed by atoms with van der Waals surface area (Å²) in [5.74, 6) is -0.220. The molecule has 0 spiro atoms. The molecule has 29 heavy (non-hydrogen) atoms. The molecule has 3 rings (SSSR count). The number of aromatic amines is 1. The van der Waals surface area contributed by atoms with Crippen LogP contribution in [0.15, 0.2) is 52.1 Å². The topological polar surface area (TPSA) is 101 Å². The number of H-pyrrole nitrogens is 1. The average Bonchev–Trinajstić information content (AvgIpc) is 2.71. The lowest BCUT2D eigenvalue weighted by atomic mass is 10.0. The van der Waals surface area contributed by atoms with Gasteiger partial charge in [-0.1, -0.05) is 55.8 Å². The molecule has 0 saturated heterocycles. The van der Waals surface area contributed by atoms with Crippen LogP contribution in [0.4, 0.5) is 11.5 Å². The van der Waals surface area contributed by atoms with E-state index in [4.69, 9.17) is 5.73 Å². The summed E-state index contributed by atoms with van der Waals surface area (Å²) in [5.41, 5.74) is 5.89. The van der Waals surface area contributed by atoms with Crippen LogP contribution in [0.5, 0.6) is 0 Å². The fourth-order valence-electron chi connectivity index (χ4n) is 3.54. The number of carbonyl (C=O) groups is 1. The number of nitrogens with zero attached hydrogens (tertiary/aromatic N) is 2. The van der Waals surface area contributed by atoms with Crippen LogP contribution in [0.1, 0.15) is 32.3 Å². The number of benzene rings is 2. The standard InChI is InChI=1S/C22H26N4O3/c1-3-5-13-26-20(23)19(21(28)24-22(26)29)25(4-2)18(27)14-16-11-8-10-15-9-6-7-12-17(15)16/h6-12H,3-5,13-14,23H2,1-2H3,(H,24,28,29). The molecule has 0 saturated carbocycles. The first kappa shape index (κ1) is 20.4. The fraction of sp³-hybridized carbons (Fsp3) is 0.318. The first-order chi connectivity index (χ1) is 14.0. The summed E-state index contributed by atoms with van der Waals surface area (Å²) in [5, 5.41) is 2.04. The molecule has 0 aliphatic rings. The number of rotatable bonds is 7. The van der Waals surface area contributed by atoms with Crippen molar-refractivity contribution in [3.63, 3.8) is 0 Å². The molecule has 0 atom stereocenters. The third kappa shape index (κ3) is 4.08. The minimum absolute atomic E-state index is 0.0281. The van der Waals surface area contributed by atoms with E-state index in [0.717, 1.165) is 29.2 Å². The van der Waals surface area contributed by atoms with Crippen LogP contribution in [-0.4, -0.2) is 22.0 Å². The van der Waals surface area contributed by atoms with E-state index in [2.05, 4.69) is 4.98 Å². The first-order valence-corrected chi connectivity index (χ1v) is 9.87. The van der Waals surface area contributed by atoms with Crippen molar-refractivity contribution in [1.29, 1.82) is 0 Å². The number of aromatic nitrogens is 2. The third-order valence-electron chi connectivity index (χ3n) is 5.06. The lowest BCUT2D eigenvalue weighted by molar-refractivity contribution is -0.117. The van der Waals surface area contributed by atoms with E-state index >= 15 is 0 Å². The third-order valence-corrected chi connectivity index (χ3v) is 5.06. The van der Waals surface area contributed by atoms with Crippen molar-refractivity contribution in [3.05, 3.63) is 68.9 Å². The van der Waals surface area contributed by atoms with Crippen LogP contribution < -0.4 is 21.9 Å². The summed E-state index contributed by atoms with van der Waals surface area (Å²) in [6, 6.07) is 13.7. The van der Waals surface area contributed by atoms with Gasteiger partial charge in [0, 0.05) is 13.1 Å². The van der Waals surface area contributed by atoms with Crippen LogP contribution in [-0.2, 0) is 17.8 Å². The molecule has 2 aromatic carbocycles. The normalized spacial score (nSPS) is 11.0. The summed E-state index contributed by atoms with van der Waals surface area (Å²) < 4.78 is 1.33. The maximum absolute atomic E-state index is 13.1. The van der Waals surface area contributed by atoms with Gasteiger partial charge in [0.15, 0.2) is 5.69 Å². The van der Waals surface area contributed by atoms with Crippen molar-refractivity contribution in [1.82, 2.24) is 9.55 Å². The number of fused-ring (bicyclic) bond motifs is 1. The Bertz CT molecular complexity index is 1140. The number of anilines is 2. The summed E-state index contributed by atoms with van der Waals surface area (Å²) >= 11 is 0. The number of carbonyl (C=O) groups excluding carboxylic acids is 1. The highest BCUT2D eigenvalue weighted by Crippen LogP contribution is 2.22. The van der Waals surface area contributed by atoms with E-state index in [1.807, 2.05) is 49.4 Å². The molecule has 3 aromatic rings. The predicted octanol–water partition coefficient (Wildman–Crippen LogP) is 2.67. The Labute approximate surface area is 168 Å². The van der Waals surface area contributed by atoms with Gasteiger partial charge in [0.2, 0.25) is 5.91 Å². The second-order valence-corrected chi connectivity index (χ2v) is 6.95.